The molecular formula is C27H12Cl3N3. The lowest BCUT2D eigenvalue weighted by Gasteiger charge is -2.16. The van der Waals surface area contributed by atoms with Crippen LogP contribution in [0.1, 0.15) is 0 Å². The lowest BCUT2D eigenvalue weighted by Crippen LogP contribution is -1.96. The summed E-state index contributed by atoms with van der Waals surface area (Å²) in [5.74, 6) is 0. The van der Waals surface area contributed by atoms with Gasteiger partial charge < -0.3 is 0 Å². The molecule has 4 aromatic carbocycles. The smallest absolute Gasteiger partial charge is 0.0856 e. The molecule has 0 saturated heterocycles. The monoisotopic (exact) mass is 483 g/mol. The fraction of sp³-hybridized carbons (Fsp3) is 0. The van der Waals surface area contributed by atoms with E-state index in [1.54, 1.807) is 0 Å². The Hall–Kier alpha value is -3.24. The lowest BCUT2D eigenvalue weighted by molar-refractivity contribution is 1.47. The van der Waals surface area contributed by atoms with Crippen molar-refractivity contribution in [1.82, 2.24) is 15.0 Å². The summed E-state index contributed by atoms with van der Waals surface area (Å²) in [4.78, 5) is 15.0. The first-order chi connectivity index (χ1) is 16.1. The van der Waals surface area contributed by atoms with Gasteiger partial charge in [0, 0.05) is 32.3 Å². The number of halogens is 3. The predicted molar refractivity (Wildman–Crippen MR) is 140 cm³/mol. The number of hydrogen-bond donors (Lipinski definition) is 0. The van der Waals surface area contributed by atoms with E-state index in [0.717, 1.165) is 48.9 Å². The van der Waals surface area contributed by atoms with Crippen LogP contribution in [-0.4, -0.2) is 15.0 Å². The van der Waals surface area contributed by atoms with E-state index in [2.05, 4.69) is 0 Å². The molecule has 0 atom stereocenters. The third kappa shape index (κ3) is 2.56. The molecule has 7 aromatic rings. The summed E-state index contributed by atoms with van der Waals surface area (Å²) in [7, 11) is 0. The van der Waals surface area contributed by atoms with Crippen LogP contribution in [0.15, 0.2) is 72.8 Å². The molecule has 3 heterocycles. The summed E-state index contributed by atoms with van der Waals surface area (Å²) in [6, 6.07) is 23.4. The maximum Gasteiger partial charge on any atom is 0.0856 e. The summed E-state index contributed by atoms with van der Waals surface area (Å²) in [5, 5.41) is 6.45. The number of nitrogens with zero attached hydrogens (tertiary/aromatic N) is 3. The Balaban J connectivity index is 1.91. The molecule has 0 unspecified atom stereocenters. The Labute approximate surface area is 202 Å². The zero-order valence-electron chi connectivity index (χ0n) is 16.9. The fourth-order valence-corrected chi connectivity index (χ4v) is 5.72. The van der Waals surface area contributed by atoms with Crippen molar-refractivity contribution < 1.29 is 0 Å². The summed E-state index contributed by atoms with van der Waals surface area (Å²) in [5.41, 5.74) is 4.36. The SMILES string of the molecule is Clc1c2ccccc2nc2c1c1nc3ccccc3c(Cl)c1c1nc3ccccc3c(Cl)c21. The van der Waals surface area contributed by atoms with Crippen LogP contribution in [0.25, 0.3) is 65.4 Å². The maximum atomic E-state index is 7.04. The molecule has 33 heavy (non-hydrogen) atoms. The quantitative estimate of drug-likeness (QED) is 0.159. The van der Waals surface area contributed by atoms with Crippen molar-refractivity contribution in [3.63, 3.8) is 0 Å². The number of rotatable bonds is 0. The van der Waals surface area contributed by atoms with Gasteiger partial charge in [0.25, 0.3) is 0 Å². The van der Waals surface area contributed by atoms with E-state index < -0.39 is 0 Å². The van der Waals surface area contributed by atoms with Crippen LogP contribution in [-0.2, 0) is 0 Å². The standard InChI is InChI=1S/C27H12Cl3N3/c28-22-13-7-1-4-10-16(13)31-25-19(22)26-21(24(30)14-8-2-5-11-17(14)32-26)27-20(25)23(29)15-9-3-6-12-18(15)33-27/h1-12H. The number of pyridine rings is 3. The first-order valence-corrected chi connectivity index (χ1v) is 11.5. The van der Waals surface area contributed by atoms with Crippen molar-refractivity contribution in [1.29, 1.82) is 0 Å². The third-order valence-corrected chi connectivity index (χ3v) is 7.38. The van der Waals surface area contributed by atoms with E-state index in [9.17, 15) is 0 Å². The number of hydrogen-bond acceptors (Lipinski definition) is 3. The molecule has 0 amide bonds. The molecule has 0 bridgehead atoms. The molecule has 156 valence electrons. The minimum absolute atomic E-state index is 0.575. The number of fused-ring (bicyclic) bond motifs is 9. The van der Waals surface area contributed by atoms with Gasteiger partial charge >= 0.3 is 0 Å². The third-order valence-electron chi connectivity index (χ3n) is 6.20. The van der Waals surface area contributed by atoms with Gasteiger partial charge in [-0.15, -0.1) is 0 Å². The molecule has 0 aliphatic carbocycles. The van der Waals surface area contributed by atoms with Crippen molar-refractivity contribution in [3.05, 3.63) is 87.9 Å². The van der Waals surface area contributed by atoms with Gasteiger partial charge in [0.2, 0.25) is 0 Å². The van der Waals surface area contributed by atoms with E-state index in [1.165, 1.54) is 0 Å². The molecule has 0 spiro atoms. The van der Waals surface area contributed by atoms with Crippen LogP contribution >= 0.6 is 34.8 Å². The maximum absolute atomic E-state index is 7.04. The minimum atomic E-state index is 0.575. The van der Waals surface area contributed by atoms with Crippen molar-refractivity contribution >= 4 is 100 Å². The Morgan fingerprint density at radius 2 is 0.667 bits per heavy atom. The average Bonchev–Trinajstić information content (AvgIpc) is 2.84. The zero-order valence-corrected chi connectivity index (χ0v) is 19.2. The van der Waals surface area contributed by atoms with Gasteiger partial charge in [-0.05, 0) is 18.2 Å². The molecular weight excluding hydrogens is 473 g/mol. The number of benzene rings is 4. The van der Waals surface area contributed by atoms with E-state index >= 15 is 0 Å². The van der Waals surface area contributed by atoms with Gasteiger partial charge in [-0.3, -0.25) is 0 Å². The second-order valence-electron chi connectivity index (χ2n) is 8.00. The van der Waals surface area contributed by atoms with E-state index in [1.807, 2.05) is 72.8 Å². The topological polar surface area (TPSA) is 38.7 Å². The van der Waals surface area contributed by atoms with Crippen molar-refractivity contribution in [3.8, 4) is 0 Å². The number of para-hydroxylation sites is 3. The van der Waals surface area contributed by atoms with Gasteiger partial charge in [-0.25, -0.2) is 15.0 Å². The van der Waals surface area contributed by atoms with Crippen LogP contribution in [0.2, 0.25) is 15.1 Å². The highest BCUT2D eigenvalue weighted by atomic mass is 35.5. The zero-order chi connectivity index (χ0) is 22.3. The van der Waals surface area contributed by atoms with Crippen LogP contribution in [0.3, 0.4) is 0 Å². The first-order valence-electron chi connectivity index (χ1n) is 10.4. The Morgan fingerprint density at radius 1 is 0.394 bits per heavy atom. The molecule has 0 aliphatic heterocycles. The molecule has 3 nitrogen and oxygen atoms in total. The Morgan fingerprint density at radius 3 is 0.970 bits per heavy atom. The Bertz CT molecular complexity index is 1710. The molecule has 0 radical (unpaired) electrons. The van der Waals surface area contributed by atoms with Crippen LogP contribution < -0.4 is 0 Å². The minimum Gasteiger partial charge on any atom is -0.247 e. The highest BCUT2D eigenvalue weighted by molar-refractivity contribution is 6.50. The van der Waals surface area contributed by atoms with Crippen LogP contribution in [0.5, 0.6) is 0 Å². The molecule has 7 rings (SSSR count). The van der Waals surface area contributed by atoms with E-state index in [4.69, 9.17) is 49.8 Å². The second-order valence-corrected chi connectivity index (χ2v) is 9.13. The summed E-state index contributed by atoms with van der Waals surface area (Å²) < 4.78 is 0. The van der Waals surface area contributed by atoms with Gasteiger partial charge in [0.1, 0.15) is 0 Å². The molecule has 0 fully saturated rings. The fourth-order valence-electron chi connectivity index (χ4n) is 4.71. The van der Waals surface area contributed by atoms with E-state index in [-0.39, 0.29) is 0 Å². The summed E-state index contributed by atoms with van der Waals surface area (Å²) in [6.07, 6.45) is 0. The van der Waals surface area contributed by atoms with Gasteiger partial charge in [-0.2, -0.15) is 0 Å². The van der Waals surface area contributed by atoms with E-state index in [0.29, 0.717) is 31.6 Å². The first kappa shape index (κ1) is 19.2. The van der Waals surface area contributed by atoms with Gasteiger partial charge in [0.05, 0.1) is 48.2 Å². The Kier molecular flexibility index (Phi) is 4.01. The van der Waals surface area contributed by atoms with Crippen molar-refractivity contribution in [2.24, 2.45) is 0 Å². The normalized spacial score (nSPS) is 12.1. The molecule has 0 saturated carbocycles. The molecule has 3 aromatic heterocycles. The molecule has 0 N–H and O–H groups in total. The molecule has 0 aliphatic rings. The van der Waals surface area contributed by atoms with Gasteiger partial charge in [-0.1, -0.05) is 89.4 Å². The predicted octanol–water partition coefficient (Wildman–Crippen LogP) is 8.75. The van der Waals surface area contributed by atoms with Crippen molar-refractivity contribution in [2.45, 2.75) is 0 Å². The largest absolute Gasteiger partial charge is 0.247 e. The highest BCUT2D eigenvalue weighted by Crippen LogP contribution is 2.46. The van der Waals surface area contributed by atoms with Crippen LogP contribution in [0, 0.1) is 0 Å². The average molecular weight is 485 g/mol. The highest BCUT2D eigenvalue weighted by Gasteiger charge is 2.23. The summed E-state index contributed by atoms with van der Waals surface area (Å²) >= 11 is 21.1. The second kappa shape index (κ2) is 6.88. The summed E-state index contributed by atoms with van der Waals surface area (Å²) in [6.45, 7) is 0. The number of aromatic nitrogens is 3. The lowest BCUT2D eigenvalue weighted by atomic mass is 9.99. The van der Waals surface area contributed by atoms with Crippen LogP contribution in [0.4, 0.5) is 0 Å². The van der Waals surface area contributed by atoms with Gasteiger partial charge in [0.15, 0.2) is 0 Å². The molecule has 6 heteroatoms. The van der Waals surface area contributed by atoms with Crippen molar-refractivity contribution in [2.75, 3.05) is 0 Å².